The third-order valence-corrected chi connectivity index (χ3v) is 5.04. The fourth-order valence-electron chi connectivity index (χ4n) is 3.78. The number of nitrogens with two attached hydrogens (primary N) is 1. The van der Waals surface area contributed by atoms with Crippen molar-refractivity contribution in [1.29, 1.82) is 0 Å². The average molecular weight is 398 g/mol. The third-order valence-electron chi connectivity index (χ3n) is 5.04. The van der Waals surface area contributed by atoms with Gasteiger partial charge in [0.25, 0.3) is 5.91 Å². The summed E-state index contributed by atoms with van der Waals surface area (Å²) in [5, 5.41) is 0. The van der Waals surface area contributed by atoms with Crippen LogP contribution < -0.4 is 10.5 Å². The van der Waals surface area contributed by atoms with Crippen LogP contribution in [0.2, 0.25) is 0 Å². The number of hydrogen-bond acceptors (Lipinski definition) is 5. The van der Waals surface area contributed by atoms with E-state index in [1.54, 1.807) is 0 Å². The quantitative estimate of drug-likeness (QED) is 0.777. The second-order valence-corrected chi connectivity index (χ2v) is 7.66. The van der Waals surface area contributed by atoms with Crippen molar-refractivity contribution in [2.75, 3.05) is 46.9 Å². The lowest BCUT2D eigenvalue weighted by molar-refractivity contribution is -0.0685. The SMILES string of the molecule is Cc1ccc(OCCN)c(C(=O)N2CCO[C@@H](CN(C)C)[C@@H]2c2ccccc2)c1. The fraction of sp³-hybridized carbons (Fsp3) is 0.435. The molecule has 3 rings (SSSR count). The van der Waals surface area contributed by atoms with Crippen molar-refractivity contribution in [3.05, 3.63) is 65.2 Å². The molecule has 29 heavy (non-hydrogen) atoms. The smallest absolute Gasteiger partial charge is 0.258 e. The highest BCUT2D eigenvalue weighted by Gasteiger charge is 2.37. The molecule has 6 nitrogen and oxygen atoms in total. The van der Waals surface area contributed by atoms with Gasteiger partial charge < -0.3 is 25.0 Å². The number of ether oxygens (including phenoxy) is 2. The van der Waals surface area contributed by atoms with Crippen molar-refractivity contribution in [3.8, 4) is 5.75 Å². The van der Waals surface area contributed by atoms with Gasteiger partial charge in [-0.05, 0) is 38.7 Å². The van der Waals surface area contributed by atoms with Crippen molar-refractivity contribution < 1.29 is 14.3 Å². The summed E-state index contributed by atoms with van der Waals surface area (Å²) in [6, 6.07) is 15.6. The second-order valence-electron chi connectivity index (χ2n) is 7.66. The highest BCUT2D eigenvalue weighted by molar-refractivity contribution is 5.97. The van der Waals surface area contributed by atoms with E-state index in [-0.39, 0.29) is 18.1 Å². The Kier molecular flexibility index (Phi) is 7.25. The highest BCUT2D eigenvalue weighted by atomic mass is 16.5. The molecule has 0 saturated carbocycles. The molecule has 0 aliphatic carbocycles. The molecule has 2 atom stereocenters. The number of nitrogens with zero attached hydrogens (tertiary/aromatic N) is 2. The molecule has 1 heterocycles. The van der Waals surface area contributed by atoms with E-state index < -0.39 is 0 Å². The van der Waals surface area contributed by atoms with Gasteiger partial charge in [0.05, 0.1) is 24.3 Å². The van der Waals surface area contributed by atoms with Crippen LogP contribution in [0.4, 0.5) is 0 Å². The molecular formula is C23H31N3O3. The lowest BCUT2D eigenvalue weighted by Crippen LogP contribution is -2.51. The van der Waals surface area contributed by atoms with Gasteiger partial charge in [-0.1, -0.05) is 42.0 Å². The average Bonchev–Trinajstić information content (AvgIpc) is 2.72. The number of hydrogen-bond donors (Lipinski definition) is 1. The fourth-order valence-corrected chi connectivity index (χ4v) is 3.78. The Labute approximate surface area is 173 Å². The molecule has 156 valence electrons. The first-order valence-corrected chi connectivity index (χ1v) is 10.1. The maximum Gasteiger partial charge on any atom is 0.258 e. The minimum Gasteiger partial charge on any atom is -0.491 e. The Morgan fingerprint density at radius 1 is 1.24 bits per heavy atom. The van der Waals surface area contributed by atoms with Crippen LogP contribution in [0.15, 0.2) is 48.5 Å². The van der Waals surface area contributed by atoms with Crippen molar-refractivity contribution >= 4 is 5.91 Å². The van der Waals surface area contributed by atoms with E-state index in [9.17, 15) is 4.79 Å². The molecule has 2 aromatic rings. The molecule has 2 N–H and O–H groups in total. The van der Waals surface area contributed by atoms with Gasteiger partial charge in [-0.2, -0.15) is 0 Å². The van der Waals surface area contributed by atoms with Crippen LogP contribution in [0.25, 0.3) is 0 Å². The topological polar surface area (TPSA) is 68.0 Å². The highest BCUT2D eigenvalue weighted by Crippen LogP contribution is 2.33. The molecular weight excluding hydrogens is 366 g/mol. The number of aryl methyl sites for hydroxylation is 1. The molecule has 0 spiro atoms. The van der Waals surface area contributed by atoms with Crippen LogP contribution in [0.3, 0.4) is 0 Å². The standard InChI is InChI=1S/C23H31N3O3/c1-17-9-10-20(28-13-11-24)19(15-17)23(27)26-12-14-29-21(16-25(2)3)22(26)18-7-5-4-6-8-18/h4-10,15,21-22H,11-14,16,24H2,1-3H3/t21-,22-/m0/s1. The molecule has 2 aromatic carbocycles. The molecule has 6 heteroatoms. The van der Waals surface area contributed by atoms with E-state index in [2.05, 4.69) is 17.0 Å². The van der Waals surface area contributed by atoms with Crippen molar-refractivity contribution in [2.24, 2.45) is 5.73 Å². The van der Waals surface area contributed by atoms with E-state index in [4.69, 9.17) is 15.2 Å². The van der Waals surface area contributed by atoms with Gasteiger partial charge in [0.2, 0.25) is 0 Å². The summed E-state index contributed by atoms with van der Waals surface area (Å²) < 4.78 is 11.9. The monoisotopic (exact) mass is 397 g/mol. The Bertz CT molecular complexity index is 810. The molecule has 1 amide bonds. The molecule has 0 aromatic heterocycles. The van der Waals surface area contributed by atoms with Crippen LogP contribution >= 0.6 is 0 Å². The number of rotatable bonds is 7. The lowest BCUT2D eigenvalue weighted by Gasteiger charge is -2.42. The molecule has 0 radical (unpaired) electrons. The van der Waals surface area contributed by atoms with E-state index in [0.717, 1.165) is 17.7 Å². The minimum atomic E-state index is -0.164. The number of carbonyl (C=O) groups is 1. The number of morpholine rings is 1. The zero-order chi connectivity index (χ0) is 20.8. The Morgan fingerprint density at radius 3 is 2.69 bits per heavy atom. The van der Waals surface area contributed by atoms with Gasteiger partial charge in [0.1, 0.15) is 12.4 Å². The zero-order valence-corrected chi connectivity index (χ0v) is 17.5. The van der Waals surface area contributed by atoms with E-state index in [0.29, 0.717) is 37.6 Å². The first-order valence-electron chi connectivity index (χ1n) is 10.1. The van der Waals surface area contributed by atoms with Crippen molar-refractivity contribution in [2.45, 2.75) is 19.1 Å². The summed E-state index contributed by atoms with van der Waals surface area (Å²) in [6.07, 6.45) is -0.108. The second kappa shape index (κ2) is 9.87. The first kappa shape index (κ1) is 21.3. The largest absolute Gasteiger partial charge is 0.491 e. The summed E-state index contributed by atoms with van der Waals surface area (Å²) in [4.78, 5) is 17.7. The minimum absolute atomic E-state index is 0.0402. The molecule has 1 saturated heterocycles. The van der Waals surface area contributed by atoms with Gasteiger partial charge >= 0.3 is 0 Å². The van der Waals surface area contributed by atoms with Gasteiger partial charge in [0, 0.05) is 19.6 Å². The number of carbonyl (C=O) groups excluding carboxylic acids is 1. The van der Waals surface area contributed by atoms with E-state index in [1.807, 2.05) is 62.3 Å². The van der Waals surface area contributed by atoms with Crippen LogP contribution in [0.5, 0.6) is 5.75 Å². The van der Waals surface area contributed by atoms with Gasteiger partial charge in [-0.25, -0.2) is 0 Å². The third kappa shape index (κ3) is 5.15. The molecule has 1 aliphatic heterocycles. The molecule has 1 aliphatic rings. The van der Waals surface area contributed by atoms with Gasteiger partial charge in [0.15, 0.2) is 0 Å². The Hall–Kier alpha value is -2.41. The molecule has 0 bridgehead atoms. The van der Waals surface area contributed by atoms with E-state index in [1.165, 1.54) is 0 Å². The summed E-state index contributed by atoms with van der Waals surface area (Å²) in [5.41, 5.74) is 8.26. The maximum atomic E-state index is 13.7. The zero-order valence-electron chi connectivity index (χ0n) is 17.5. The summed E-state index contributed by atoms with van der Waals surface area (Å²) in [6.45, 7) is 4.53. The normalized spacial score (nSPS) is 19.4. The van der Waals surface area contributed by atoms with Crippen LogP contribution in [-0.2, 0) is 4.74 Å². The van der Waals surface area contributed by atoms with Gasteiger partial charge in [-0.15, -0.1) is 0 Å². The van der Waals surface area contributed by atoms with Gasteiger partial charge in [-0.3, -0.25) is 4.79 Å². The Morgan fingerprint density at radius 2 is 2.00 bits per heavy atom. The molecule has 0 unspecified atom stereocenters. The maximum absolute atomic E-state index is 13.7. The van der Waals surface area contributed by atoms with E-state index >= 15 is 0 Å². The number of likely N-dealkylation sites (N-methyl/N-ethyl adjacent to an activating group) is 1. The van der Waals surface area contributed by atoms with Crippen molar-refractivity contribution in [1.82, 2.24) is 9.80 Å². The van der Waals surface area contributed by atoms with Crippen LogP contribution in [0.1, 0.15) is 27.5 Å². The lowest BCUT2D eigenvalue weighted by atomic mass is 9.96. The first-order chi connectivity index (χ1) is 14.0. The van der Waals surface area contributed by atoms with Crippen LogP contribution in [0, 0.1) is 6.92 Å². The summed E-state index contributed by atoms with van der Waals surface area (Å²) in [7, 11) is 4.04. The predicted molar refractivity (Wildman–Crippen MR) is 114 cm³/mol. The Balaban J connectivity index is 1.98. The van der Waals surface area contributed by atoms with Crippen molar-refractivity contribution in [3.63, 3.8) is 0 Å². The number of amides is 1. The summed E-state index contributed by atoms with van der Waals surface area (Å²) in [5.74, 6) is 0.537. The summed E-state index contributed by atoms with van der Waals surface area (Å²) >= 11 is 0. The number of benzene rings is 2. The predicted octanol–water partition coefficient (Wildman–Crippen LogP) is 2.48. The molecule has 1 fully saturated rings. The van der Waals surface area contributed by atoms with Crippen LogP contribution in [-0.4, -0.2) is 68.8 Å².